The smallest absolute Gasteiger partial charge is 0.415 e. The molecule has 0 aromatic heterocycles. The number of carbonyl (C=O) groups excluding carboxylic acids is 1. The van der Waals surface area contributed by atoms with Crippen molar-refractivity contribution in [3.8, 4) is 0 Å². The van der Waals surface area contributed by atoms with E-state index in [0.717, 1.165) is 5.56 Å². The normalized spacial score (nSPS) is 19.6. The van der Waals surface area contributed by atoms with Gasteiger partial charge in [0.1, 0.15) is 6.61 Å². The van der Waals surface area contributed by atoms with Crippen LogP contribution in [0, 0.1) is 0 Å². The Morgan fingerprint density at radius 1 is 1.47 bits per heavy atom. The maximum absolute atomic E-state index is 11.4. The van der Waals surface area contributed by atoms with Crippen molar-refractivity contribution in [1.29, 1.82) is 0 Å². The van der Waals surface area contributed by atoms with Gasteiger partial charge >= 0.3 is 6.09 Å². The number of ether oxygens (including phenoxy) is 1. The molecule has 2 rings (SSSR count). The van der Waals surface area contributed by atoms with Gasteiger partial charge < -0.3 is 4.74 Å². The molecule has 0 radical (unpaired) electrons. The molecule has 1 aliphatic heterocycles. The van der Waals surface area contributed by atoms with Gasteiger partial charge in [-0.2, -0.15) is 0 Å². The van der Waals surface area contributed by atoms with Crippen molar-refractivity contribution >= 4 is 6.09 Å². The van der Waals surface area contributed by atoms with Crippen LogP contribution in [0.2, 0.25) is 0 Å². The summed E-state index contributed by atoms with van der Waals surface area (Å²) in [4.78, 5) is 12.9. The Kier molecular flexibility index (Phi) is 2.57. The van der Waals surface area contributed by atoms with Crippen molar-refractivity contribution in [3.05, 3.63) is 54.4 Å². The highest BCUT2D eigenvalue weighted by atomic mass is 16.6. The molecule has 0 saturated carbocycles. The third-order valence-corrected chi connectivity index (χ3v) is 2.33. The summed E-state index contributed by atoms with van der Waals surface area (Å²) in [6.45, 7) is 3.83. The molecule has 3 heteroatoms. The predicted octanol–water partition coefficient (Wildman–Crippen LogP) is 2.48. The molecule has 1 saturated heterocycles. The average molecular weight is 201 g/mol. The first-order valence-corrected chi connectivity index (χ1v) is 4.69. The first-order valence-electron chi connectivity index (χ1n) is 4.69. The Labute approximate surface area is 88.3 Å². The highest BCUT2D eigenvalue weighted by Gasteiger charge is 2.32. The number of hydrogen-bond donors (Lipinski definition) is 0. The summed E-state index contributed by atoms with van der Waals surface area (Å²) in [6, 6.07) is 9.69. The van der Waals surface area contributed by atoms with Crippen LogP contribution in [0.4, 0.5) is 4.79 Å². The number of hydrogen-bond acceptors (Lipinski definition) is 2. The summed E-state index contributed by atoms with van der Waals surface area (Å²) < 4.78 is 4.97. The first-order chi connectivity index (χ1) is 7.33. The van der Waals surface area contributed by atoms with E-state index in [4.69, 9.17) is 4.74 Å². The van der Waals surface area contributed by atoms with E-state index in [1.165, 1.54) is 11.1 Å². The number of benzene rings is 1. The van der Waals surface area contributed by atoms with E-state index < -0.39 is 0 Å². The van der Waals surface area contributed by atoms with E-state index >= 15 is 0 Å². The van der Waals surface area contributed by atoms with Crippen LogP contribution >= 0.6 is 0 Å². The molecule has 0 N–H and O–H groups in total. The van der Waals surface area contributed by atoms with Gasteiger partial charge in [0.2, 0.25) is 0 Å². The fraction of sp³-hybridized carbons (Fsp3) is 0.167. The van der Waals surface area contributed by atoms with Crippen molar-refractivity contribution in [2.24, 2.45) is 0 Å². The Bertz CT molecular complexity index is 407. The number of rotatable bonds is 2. The van der Waals surface area contributed by atoms with E-state index in [-0.39, 0.29) is 12.1 Å². The molecule has 3 nitrogen and oxygen atoms in total. The lowest BCUT2D eigenvalue weighted by molar-refractivity contribution is 0.166. The highest BCUT2D eigenvalue weighted by molar-refractivity contribution is 5.71. The summed E-state index contributed by atoms with van der Waals surface area (Å²) in [5.41, 5.74) is 3.64. The molecule has 1 fully saturated rings. The average Bonchev–Trinajstić information content (AvgIpc) is 2.63. The minimum Gasteiger partial charge on any atom is -0.447 e. The molecule has 1 heterocycles. The molecule has 1 aromatic carbocycles. The third kappa shape index (κ3) is 1.78. The second-order valence-corrected chi connectivity index (χ2v) is 3.24. The number of amides is 1. The van der Waals surface area contributed by atoms with Gasteiger partial charge in [-0.3, -0.25) is 4.90 Å². The van der Waals surface area contributed by atoms with Gasteiger partial charge in [-0.1, -0.05) is 36.9 Å². The summed E-state index contributed by atoms with van der Waals surface area (Å²) in [5, 5.41) is 0. The second-order valence-electron chi connectivity index (χ2n) is 3.24. The zero-order chi connectivity index (χ0) is 10.7. The van der Waals surface area contributed by atoms with Crippen molar-refractivity contribution in [3.63, 3.8) is 0 Å². The molecule has 1 amide bonds. The molecule has 1 aliphatic rings. The maximum atomic E-state index is 11.4. The minimum absolute atomic E-state index is 0.0621. The molecular formula is C12H11NO2. The lowest BCUT2D eigenvalue weighted by Crippen LogP contribution is -2.21. The lowest BCUT2D eigenvalue weighted by atomic mass is 10.1. The van der Waals surface area contributed by atoms with E-state index in [1.54, 1.807) is 0 Å². The highest BCUT2D eigenvalue weighted by Crippen LogP contribution is 2.27. The number of nitrogens with zero attached hydrogens (tertiary/aromatic N) is 1. The van der Waals surface area contributed by atoms with Crippen LogP contribution in [0.15, 0.2) is 48.8 Å². The van der Waals surface area contributed by atoms with Crippen LogP contribution < -0.4 is 0 Å². The Morgan fingerprint density at radius 2 is 2.20 bits per heavy atom. The molecule has 0 bridgehead atoms. The maximum Gasteiger partial charge on any atom is 0.415 e. The van der Waals surface area contributed by atoms with E-state index in [0.29, 0.717) is 6.61 Å². The van der Waals surface area contributed by atoms with Gasteiger partial charge in [0.05, 0.1) is 12.2 Å². The van der Waals surface area contributed by atoms with Crippen molar-refractivity contribution in [2.45, 2.75) is 6.04 Å². The number of cyclic esters (lactones) is 1. The van der Waals surface area contributed by atoms with E-state index in [9.17, 15) is 4.79 Å². The summed E-state index contributed by atoms with van der Waals surface area (Å²) in [6.07, 6.45) is 1.17. The molecule has 1 aromatic rings. The Balaban J connectivity index is 2.30. The van der Waals surface area contributed by atoms with Crippen molar-refractivity contribution in [2.75, 3.05) is 6.61 Å². The van der Waals surface area contributed by atoms with Crippen LogP contribution in [0.25, 0.3) is 0 Å². The molecular weight excluding hydrogens is 190 g/mol. The SMILES string of the molecule is C=C=CN1C(=O)OC[C@@H]1c1ccccc1. The van der Waals surface area contributed by atoms with Crippen LogP contribution in [-0.2, 0) is 4.74 Å². The Morgan fingerprint density at radius 3 is 2.87 bits per heavy atom. The fourth-order valence-electron chi connectivity index (χ4n) is 1.61. The number of carbonyl (C=O) groups is 1. The molecule has 0 aliphatic carbocycles. The van der Waals surface area contributed by atoms with Crippen LogP contribution in [-0.4, -0.2) is 17.6 Å². The van der Waals surface area contributed by atoms with Crippen molar-refractivity contribution < 1.29 is 9.53 Å². The van der Waals surface area contributed by atoms with E-state index in [1.807, 2.05) is 30.3 Å². The van der Waals surface area contributed by atoms with Crippen molar-refractivity contribution in [1.82, 2.24) is 4.90 Å². The lowest BCUT2D eigenvalue weighted by Gasteiger charge is -2.16. The molecule has 76 valence electrons. The standard InChI is InChI=1S/C12H11NO2/c1-2-8-13-11(9-15-12(13)14)10-6-4-3-5-7-10/h3-8,11H,1,9H2/t11-/m1/s1. The first kappa shape index (κ1) is 9.56. The van der Waals surface area contributed by atoms with E-state index in [2.05, 4.69) is 12.3 Å². The zero-order valence-corrected chi connectivity index (χ0v) is 8.22. The van der Waals surface area contributed by atoms with Crippen LogP contribution in [0.5, 0.6) is 0 Å². The van der Waals surface area contributed by atoms with Gasteiger partial charge in [0.25, 0.3) is 0 Å². The fourth-order valence-corrected chi connectivity index (χ4v) is 1.61. The van der Waals surface area contributed by atoms with Crippen LogP contribution in [0.3, 0.4) is 0 Å². The van der Waals surface area contributed by atoms with Gasteiger partial charge in [-0.25, -0.2) is 4.79 Å². The summed E-state index contributed by atoms with van der Waals surface area (Å²) in [7, 11) is 0. The topological polar surface area (TPSA) is 29.5 Å². The molecule has 1 atom stereocenters. The van der Waals surface area contributed by atoms with Gasteiger partial charge in [0, 0.05) is 0 Å². The zero-order valence-electron chi connectivity index (χ0n) is 8.22. The minimum atomic E-state index is -0.347. The largest absolute Gasteiger partial charge is 0.447 e. The molecule has 0 spiro atoms. The molecule has 15 heavy (non-hydrogen) atoms. The Hall–Kier alpha value is -1.99. The second kappa shape index (κ2) is 4.03. The predicted molar refractivity (Wildman–Crippen MR) is 56.1 cm³/mol. The summed E-state index contributed by atoms with van der Waals surface area (Å²) >= 11 is 0. The monoisotopic (exact) mass is 201 g/mol. The van der Waals surface area contributed by atoms with Crippen LogP contribution in [0.1, 0.15) is 11.6 Å². The van der Waals surface area contributed by atoms with Gasteiger partial charge in [-0.15, -0.1) is 5.73 Å². The third-order valence-electron chi connectivity index (χ3n) is 2.33. The van der Waals surface area contributed by atoms with Gasteiger partial charge in [-0.05, 0) is 5.56 Å². The summed E-state index contributed by atoms with van der Waals surface area (Å²) in [5.74, 6) is 0. The van der Waals surface area contributed by atoms with Gasteiger partial charge in [0.15, 0.2) is 0 Å². The quantitative estimate of drug-likeness (QED) is 0.688. The molecule has 0 unspecified atom stereocenters.